The molecule has 37 heavy (non-hydrogen) atoms. The number of fused-ring (bicyclic) bond motifs is 3. The molecule has 188 valence electrons. The van der Waals surface area contributed by atoms with Crippen LogP contribution in [0.4, 0.5) is 0 Å². The maximum atomic E-state index is 13.1. The Bertz CT molecular complexity index is 1630. The summed E-state index contributed by atoms with van der Waals surface area (Å²) in [5.74, 6) is 0.0117. The summed E-state index contributed by atoms with van der Waals surface area (Å²) in [5.41, 5.74) is 2.17. The smallest absolute Gasteiger partial charge is 0.226 e. The van der Waals surface area contributed by atoms with Gasteiger partial charge in [-0.25, -0.2) is 4.68 Å². The summed E-state index contributed by atoms with van der Waals surface area (Å²) in [6.07, 6.45) is 2.57. The first-order chi connectivity index (χ1) is 17.8. The van der Waals surface area contributed by atoms with E-state index < -0.39 is 5.60 Å². The number of aliphatic hydroxyl groups is 1. The molecule has 1 saturated heterocycles. The lowest BCUT2D eigenvalue weighted by Gasteiger charge is -2.37. The number of para-hydroxylation sites is 1. The average molecular weight is 556 g/mol. The number of amides is 1. The third kappa shape index (κ3) is 4.46. The van der Waals surface area contributed by atoms with E-state index in [0.29, 0.717) is 52.4 Å². The second kappa shape index (κ2) is 9.33. The zero-order chi connectivity index (χ0) is 25.7. The van der Waals surface area contributed by atoms with E-state index >= 15 is 0 Å². The highest BCUT2D eigenvalue weighted by Crippen LogP contribution is 2.35. The van der Waals surface area contributed by atoms with Crippen LogP contribution in [0.25, 0.3) is 27.6 Å². The number of rotatable bonds is 4. The molecular weight excluding hydrogens is 535 g/mol. The minimum Gasteiger partial charge on any atom is -0.456 e. The molecule has 1 amide bonds. The lowest BCUT2D eigenvalue weighted by Crippen LogP contribution is -2.45. The molecule has 0 spiro atoms. The monoisotopic (exact) mass is 554 g/mol. The highest BCUT2D eigenvalue weighted by molar-refractivity contribution is 6.40. The largest absolute Gasteiger partial charge is 0.456 e. The SMILES string of the molecule is O=C(Cc1ccc2oc3ccccc3c2c1)N1CCC(O)(c2cn(-c3c(Cl)cc(Cl)cc3Cl)nn2)CC1. The van der Waals surface area contributed by atoms with E-state index in [2.05, 4.69) is 10.3 Å². The standard InChI is InChI=1S/C27H21Cl3N4O3/c28-17-13-20(29)26(21(30)14-17)34-15-24(31-32-34)27(36)7-9-33(10-8-27)25(35)12-16-5-6-23-19(11-16)18-3-1-2-4-22(18)37-23/h1-6,11,13-15,36H,7-10,12H2. The molecule has 1 fully saturated rings. The van der Waals surface area contributed by atoms with Crippen LogP contribution < -0.4 is 0 Å². The number of likely N-dealkylation sites (tertiary alicyclic amines) is 1. The fourth-order valence-electron chi connectivity index (χ4n) is 4.89. The Morgan fingerprint density at radius 3 is 2.43 bits per heavy atom. The molecule has 1 aliphatic heterocycles. The molecule has 0 bridgehead atoms. The number of halogens is 3. The molecule has 3 aromatic carbocycles. The molecule has 0 saturated carbocycles. The summed E-state index contributed by atoms with van der Waals surface area (Å²) in [6.45, 7) is 0.809. The maximum Gasteiger partial charge on any atom is 0.226 e. The fourth-order valence-corrected chi connectivity index (χ4v) is 5.88. The Labute approximate surface area is 227 Å². The number of carbonyl (C=O) groups is 1. The summed E-state index contributed by atoms with van der Waals surface area (Å²) >= 11 is 18.6. The minimum absolute atomic E-state index is 0.0117. The fraction of sp³-hybridized carbons (Fsp3) is 0.222. The van der Waals surface area contributed by atoms with Crippen molar-refractivity contribution in [2.24, 2.45) is 0 Å². The van der Waals surface area contributed by atoms with Gasteiger partial charge in [0.1, 0.15) is 28.1 Å². The van der Waals surface area contributed by atoms with Crippen LogP contribution in [0.5, 0.6) is 0 Å². The first kappa shape index (κ1) is 24.2. The third-order valence-electron chi connectivity index (χ3n) is 6.92. The Morgan fingerprint density at radius 1 is 0.973 bits per heavy atom. The molecule has 3 heterocycles. The van der Waals surface area contributed by atoms with Gasteiger partial charge in [0.05, 0.1) is 22.7 Å². The van der Waals surface area contributed by atoms with Crippen molar-refractivity contribution in [3.8, 4) is 5.69 Å². The van der Waals surface area contributed by atoms with Crippen LogP contribution in [0.2, 0.25) is 15.1 Å². The average Bonchev–Trinajstić information content (AvgIpc) is 3.49. The molecule has 0 atom stereocenters. The zero-order valence-corrected chi connectivity index (χ0v) is 21.8. The van der Waals surface area contributed by atoms with Gasteiger partial charge < -0.3 is 14.4 Å². The summed E-state index contributed by atoms with van der Waals surface area (Å²) in [4.78, 5) is 14.9. The van der Waals surface area contributed by atoms with Gasteiger partial charge in [-0.3, -0.25) is 4.79 Å². The summed E-state index contributed by atoms with van der Waals surface area (Å²) < 4.78 is 7.32. The molecule has 6 rings (SSSR count). The second-order valence-corrected chi connectivity index (χ2v) is 10.5. The van der Waals surface area contributed by atoms with Crippen LogP contribution in [-0.4, -0.2) is 44.0 Å². The van der Waals surface area contributed by atoms with Crippen molar-refractivity contribution >= 4 is 62.6 Å². The van der Waals surface area contributed by atoms with Crippen molar-refractivity contribution in [2.75, 3.05) is 13.1 Å². The van der Waals surface area contributed by atoms with Gasteiger partial charge in [-0.2, -0.15) is 0 Å². The van der Waals surface area contributed by atoms with Gasteiger partial charge in [-0.05, 0) is 48.7 Å². The van der Waals surface area contributed by atoms with Crippen molar-refractivity contribution in [1.82, 2.24) is 19.9 Å². The van der Waals surface area contributed by atoms with Gasteiger partial charge in [-0.15, -0.1) is 5.10 Å². The van der Waals surface area contributed by atoms with Crippen molar-refractivity contribution in [3.63, 3.8) is 0 Å². The highest BCUT2D eigenvalue weighted by Gasteiger charge is 2.38. The van der Waals surface area contributed by atoms with Crippen molar-refractivity contribution < 1.29 is 14.3 Å². The number of benzene rings is 3. The zero-order valence-electron chi connectivity index (χ0n) is 19.5. The van der Waals surface area contributed by atoms with E-state index in [1.165, 1.54) is 4.68 Å². The van der Waals surface area contributed by atoms with Gasteiger partial charge in [0, 0.05) is 28.9 Å². The van der Waals surface area contributed by atoms with E-state index in [1.54, 1.807) is 23.2 Å². The number of carbonyl (C=O) groups excluding carboxylic acids is 1. The second-order valence-electron chi connectivity index (χ2n) is 9.28. The molecular formula is C27H21Cl3N4O3. The maximum absolute atomic E-state index is 13.1. The van der Waals surface area contributed by atoms with Crippen molar-refractivity contribution in [3.05, 3.63) is 87.1 Å². The van der Waals surface area contributed by atoms with E-state index in [9.17, 15) is 9.90 Å². The van der Waals surface area contributed by atoms with E-state index in [4.69, 9.17) is 39.2 Å². The molecule has 5 aromatic rings. The third-order valence-corrected chi connectivity index (χ3v) is 7.72. The van der Waals surface area contributed by atoms with Crippen LogP contribution in [0.15, 0.2) is 65.2 Å². The number of hydrogen-bond acceptors (Lipinski definition) is 5. The number of furan rings is 1. The quantitative estimate of drug-likeness (QED) is 0.286. The van der Waals surface area contributed by atoms with Crippen molar-refractivity contribution in [1.29, 1.82) is 0 Å². The minimum atomic E-state index is -1.21. The molecule has 10 heteroatoms. The summed E-state index contributed by atoms with van der Waals surface area (Å²) in [5, 5.41) is 22.7. The predicted octanol–water partition coefficient (Wildman–Crippen LogP) is 6.18. The molecule has 0 radical (unpaired) electrons. The van der Waals surface area contributed by atoms with Gasteiger partial charge in [0.2, 0.25) is 5.91 Å². The Hall–Kier alpha value is -3.10. The predicted molar refractivity (Wildman–Crippen MR) is 144 cm³/mol. The van der Waals surface area contributed by atoms with Crippen LogP contribution in [0, 0.1) is 0 Å². The first-order valence-electron chi connectivity index (χ1n) is 11.8. The van der Waals surface area contributed by atoms with Gasteiger partial charge >= 0.3 is 0 Å². The Balaban J connectivity index is 1.15. The van der Waals surface area contributed by atoms with E-state index in [1.807, 2.05) is 42.5 Å². The number of aromatic nitrogens is 3. The van der Waals surface area contributed by atoms with Crippen LogP contribution in [0.3, 0.4) is 0 Å². The first-order valence-corrected chi connectivity index (χ1v) is 12.9. The van der Waals surface area contributed by atoms with Gasteiger partial charge in [-0.1, -0.05) is 64.3 Å². The number of piperidine rings is 1. The van der Waals surface area contributed by atoms with E-state index in [-0.39, 0.29) is 12.3 Å². The number of hydrogen-bond donors (Lipinski definition) is 1. The topological polar surface area (TPSA) is 84.4 Å². The van der Waals surface area contributed by atoms with Crippen LogP contribution >= 0.6 is 34.8 Å². The van der Waals surface area contributed by atoms with Crippen LogP contribution in [0.1, 0.15) is 24.1 Å². The van der Waals surface area contributed by atoms with E-state index in [0.717, 1.165) is 27.5 Å². The Morgan fingerprint density at radius 2 is 1.68 bits per heavy atom. The van der Waals surface area contributed by atoms with Gasteiger partial charge in [0.25, 0.3) is 0 Å². The van der Waals surface area contributed by atoms with Crippen LogP contribution in [-0.2, 0) is 16.8 Å². The lowest BCUT2D eigenvalue weighted by atomic mass is 9.88. The lowest BCUT2D eigenvalue weighted by molar-refractivity contribution is -0.135. The molecule has 0 aliphatic carbocycles. The van der Waals surface area contributed by atoms with Crippen molar-refractivity contribution in [2.45, 2.75) is 24.9 Å². The normalized spacial score (nSPS) is 15.5. The highest BCUT2D eigenvalue weighted by atomic mass is 35.5. The Kier molecular flexibility index (Phi) is 6.12. The summed E-state index contributed by atoms with van der Waals surface area (Å²) in [7, 11) is 0. The molecule has 1 N–H and O–H groups in total. The molecule has 1 aliphatic rings. The summed E-state index contributed by atoms with van der Waals surface area (Å²) in [6, 6.07) is 16.9. The number of nitrogens with zero attached hydrogens (tertiary/aromatic N) is 4. The molecule has 7 nitrogen and oxygen atoms in total. The van der Waals surface area contributed by atoms with Gasteiger partial charge in [0.15, 0.2) is 0 Å². The molecule has 0 unspecified atom stereocenters. The molecule has 2 aromatic heterocycles.